The van der Waals surface area contributed by atoms with E-state index in [2.05, 4.69) is 0 Å². The molecular formula is C13H17NO3. The molecule has 0 saturated heterocycles. The molecule has 0 spiro atoms. The molecule has 1 heterocycles. The Balaban J connectivity index is 2.23. The van der Waals surface area contributed by atoms with Crippen LogP contribution in [0, 0.1) is 5.92 Å². The maximum absolute atomic E-state index is 11.3. The van der Waals surface area contributed by atoms with Crippen molar-refractivity contribution in [1.29, 1.82) is 0 Å². The number of nitrogens with zero attached hydrogens (tertiary/aromatic N) is 1. The molecule has 4 nitrogen and oxygen atoms in total. The average molecular weight is 235 g/mol. The van der Waals surface area contributed by atoms with Gasteiger partial charge in [-0.25, -0.2) is 4.79 Å². The molecule has 1 aliphatic carbocycles. The number of Topliss-reactive ketones (excluding diaryl/α,β-unsaturated/α-hetero) is 1. The van der Waals surface area contributed by atoms with E-state index in [-0.39, 0.29) is 11.5 Å². The van der Waals surface area contributed by atoms with E-state index >= 15 is 0 Å². The van der Waals surface area contributed by atoms with Crippen LogP contribution in [0.1, 0.15) is 53.5 Å². The van der Waals surface area contributed by atoms with Gasteiger partial charge in [0.1, 0.15) is 5.69 Å². The van der Waals surface area contributed by atoms with Gasteiger partial charge in [-0.2, -0.15) is 0 Å². The quantitative estimate of drug-likeness (QED) is 0.816. The van der Waals surface area contributed by atoms with Crippen molar-refractivity contribution < 1.29 is 14.7 Å². The summed E-state index contributed by atoms with van der Waals surface area (Å²) in [5.41, 5.74) is 0.711. The highest BCUT2D eigenvalue weighted by molar-refractivity contribution is 5.97. The Morgan fingerprint density at radius 1 is 1.41 bits per heavy atom. The Morgan fingerprint density at radius 2 is 2.06 bits per heavy atom. The molecule has 1 aromatic rings. The number of aromatic carboxylic acids is 1. The SMILES string of the molecule is CC(=O)c1cc(C(=O)O)n(CC2CCCC2)c1. The van der Waals surface area contributed by atoms with E-state index in [1.54, 1.807) is 10.8 Å². The lowest BCUT2D eigenvalue weighted by Gasteiger charge is -2.11. The van der Waals surface area contributed by atoms with Crippen LogP contribution in [0.25, 0.3) is 0 Å². The minimum absolute atomic E-state index is 0.0855. The molecule has 1 aliphatic rings. The van der Waals surface area contributed by atoms with E-state index in [9.17, 15) is 9.59 Å². The van der Waals surface area contributed by atoms with E-state index < -0.39 is 5.97 Å². The molecule has 0 aliphatic heterocycles. The molecule has 4 heteroatoms. The third-order valence-corrected chi connectivity index (χ3v) is 3.45. The molecule has 1 aromatic heterocycles. The second-order valence-corrected chi connectivity index (χ2v) is 4.78. The van der Waals surface area contributed by atoms with Crippen LogP contribution in [0.15, 0.2) is 12.3 Å². The summed E-state index contributed by atoms with van der Waals surface area (Å²) in [6.45, 7) is 2.18. The minimum Gasteiger partial charge on any atom is -0.477 e. The summed E-state index contributed by atoms with van der Waals surface area (Å²) in [7, 11) is 0. The Morgan fingerprint density at radius 3 is 2.59 bits per heavy atom. The summed E-state index contributed by atoms with van der Waals surface area (Å²) in [6.07, 6.45) is 6.45. The topological polar surface area (TPSA) is 59.3 Å². The third kappa shape index (κ3) is 2.57. The maximum Gasteiger partial charge on any atom is 0.352 e. The number of rotatable bonds is 4. The molecule has 0 bridgehead atoms. The van der Waals surface area contributed by atoms with E-state index in [1.165, 1.54) is 25.8 Å². The second-order valence-electron chi connectivity index (χ2n) is 4.78. The van der Waals surface area contributed by atoms with Gasteiger partial charge in [-0.1, -0.05) is 12.8 Å². The first-order valence-corrected chi connectivity index (χ1v) is 6.02. The van der Waals surface area contributed by atoms with Crippen LogP contribution >= 0.6 is 0 Å². The van der Waals surface area contributed by atoms with Crippen LogP contribution in [0.4, 0.5) is 0 Å². The second kappa shape index (κ2) is 4.73. The Hall–Kier alpha value is -1.58. The summed E-state index contributed by atoms with van der Waals surface area (Å²) in [4.78, 5) is 22.4. The van der Waals surface area contributed by atoms with Crippen LogP contribution in [-0.2, 0) is 6.54 Å². The van der Waals surface area contributed by atoms with E-state index in [4.69, 9.17) is 5.11 Å². The predicted octanol–water partition coefficient (Wildman–Crippen LogP) is 2.58. The van der Waals surface area contributed by atoms with E-state index in [0.717, 1.165) is 19.4 Å². The monoisotopic (exact) mass is 235 g/mol. The number of carboxylic acids is 1. The van der Waals surface area contributed by atoms with Gasteiger partial charge >= 0.3 is 5.97 Å². The largest absolute Gasteiger partial charge is 0.477 e. The van der Waals surface area contributed by atoms with Gasteiger partial charge in [0.05, 0.1) is 0 Å². The van der Waals surface area contributed by atoms with E-state index in [0.29, 0.717) is 11.5 Å². The van der Waals surface area contributed by atoms with Gasteiger partial charge in [-0.3, -0.25) is 4.79 Å². The Labute approximate surface area is 100 Å². The molecule has 1 saturated carbocycles. The summed E-state index contributed by atoms with van der Waals surface area (Å²) >= 11 is 0. The Kier molecular flexibility index (Phi) is 3.31. The van der Waals surface area contributed by atoms with E-state index in [1.807, 2.05) is 0 Å². The molecule has 1 N–H and O–H groups in total. The number of hydrogen-bond acceptors (Lipinski definition) is 2. The van der Waals surface area contributed by atoms with Crippen molar-refractivity contribution in [2.75, 3.05) is 0 Å². The molecule has 0 amide bonds. The summed E-state index contributed by atoms with van der Waals surface area (Å²) < 4.78 is 1.72. The van der Waals surface area contributed by atoms with Gasteiger partial charge in [0.15, 0.2) is 5.78 Å². The number of carboxylic acid groups (broad SMARTS) is 1. The molecule has 0 unspecified atom stereocenters. The fourth-order valence-electron chi connectivity index (χ4n) is 2.50. The highest BCUT2D eigenvalue weighted by Gasteiger charge is 2.20. The van der Waals surface area contributed by atoms with Crippen LogP contribution in [0.3, 0.4) is 0 Å². The lowest BCUT2D eigenvalue weighted by molar-refractivity contribution is 0.0684. The molecule has 0 atom stereocenters. The zero-order valence-electron chi connectivity index (χ0n) is 9.98. The highest BCUT2D eigenvalue weighted by Crippen LogP contribution is 2.27. The molecule has 92 valence electrons. The lowest BCUT2D eigenvalue weighted by atomic mass is 10.1. The van der Waals surface area contributed by atoms with Gasteiger partial charge in [0.25, 0.3) is 0 Å². The van der Waals surface area contributed by atoms with Gasteiger partial charge in [0, 0.05) is 18.3 Å². The molecule has 1 fully saturated rings. The zero-order valence-corrected chi connectivity index (χ0v) is 9.98. The lowest BCUT2D eigenvalue weighted by Crippen LogP contribution is -2.12. The maximum atomic E-state index is 11.3. The van der Waals surface area contributed by atoms with Crippen LogP contribution in [0.2, 0.25) is 0 Å². The summed E-state index contributed by atoms with van der Waals surface area (Å²) in [6, 6.07) is 1.47. The number of carbonyl (C=O) groups is 2. The first kappa shape index (κ1) is 11.9. The number of aromatic nitrogens is 1. The van der Waals surface area contributed by atoms with Gasteiger partial charge in [0.2, 0.25) is 0 Å². The van der Waals surface area contributed by atoms with Gasteiger partial charge < -0.3 is 9.67 Å². The minimum atomic E-state index is -0.963. The fraction of sp³-hybridized carbons (Fsp3) is 0.538. The molecule has 17 heavy (non-hydrogen) atoms. The van der Waals surface area contributed by atoms with Crippen LogP contribution < -0.4 is 0 Å². The van der Waals surface area contributed by atoms with Crippen molar-refractivity contribution in [1.82, 2.24) is 4.57 Å². The normalized spacial score (nSPS) is 16.3. The number of ketones is 1. The number of carbonyl (C=O) groups excluding carboxylic acids is 1. The van der Waals surface area contributed by atoms with Gasteiger partial charge in [-0.05, 0) is 31.7 Å². The van der Waals surface area contributed by atoms with Crippen LogP contribution in [-0.4, -0.2) is 21.4 Å². The number of hydrogen-bond donors (Lipinski definition) is 1. The average Bonchev–Trinajstić information content (AvgIpc) is 2.87. The predicted molar refractivity (Wildman–Crippen MR) is 63.4 cm³/mol. The van der Waals surface area contributed by atoms with Gasteiger partial charge in [-0.15, -0.1) is 0 Å². The molecule has 2 rings (SSSR count). The van der Waals surface area contributed by atoms with Crippen molar-refractivity contribution in [3.8, 4) is 0 Å². The van der Waals surface area contributed by atoms with Crippen molar-refractivity contribution >= 4 is 11.8 Å². The Bertz CT molecular complexity index is 442. The van der Waals surface area contributed by atoms with Crippen molar-refractivity contribution in [3.05, 3.63) is 23.5 Å². The zero-order chi connectivity index (χ0) is 12.4. The van der Waals surface area contributed by atoms with Crippen LogP contribution in [0.5, 0.6) is 0 Å². The van der Waals surface area contributed by atoms with Crippen molar-refractivity contribution in [2.24, 2.45) is 5.92 Å². The first-order chi connectivity index (χ1) is 8.08. The highest BCUT2D eigenvalue weighted by atomic mass is 16.4. The standard InChI is InChI=1S/C13H17NO3/c1-9(15)11-6-12(13(16)17)14(8-11)7-10-4-2-3-5-10/h6,8,10H,2-5,7H2,1H3,(H,16,17). The van der Waals surface area contributed by atoms with Crippen molar-refractivity contribution in [2.45, 2.75) is 39.2 Å². The fourth-order valence-corrected chi connectivity index (χ4v) is 2.50. The molecular weight excluding hydrogens is 218 g/mol. The summed E-state index contributed by atoms with van der Waals surface area (Å²) in [5.74, 6) is -0.492. The van der Waals surface area contributed by atoms with Crippen molar-refractivity contribution in [3.63, 3.8) is 0 Å². The molecule has 0 radical (unpaired) electrons. The molecule has 0 aromatic carbocycles. The summed E-state index contributed by atoms with van der Waals surface area (Å²) in [5, 5.41) is 9.10. The first-order valence-electron chi connectivity index (χ1n) is 6.02. The third-order valence-electron chi connectivity index (χ3n) is 3.45. The smallest absolute Gasteiger partial charge is 0.352 e.